The maximum atomic E-state index is 6.25. The largest absolute Gasteiger partial charge is 0.271 e. The molecule has 1 unspecified atom stereocenters. The summed E-state index contributed by atoms with van der Waals surface area (Å²) < 4.78 is 1.06. The molecule has 5 heteroatoms. The molecule has 0 spiro atoms. The molecule has 0 aliphatic heterocycles. The summed E-state index contributed by atoms with van der Waals surface area (Å²) in [6, 6.07) is 11.4. The van der Waals surface area contributed by atoms with E-state index in [9.17, 15) is 0 Å². The third-order valence-corrected chi connectivity index (χ3v) is 4.70. The average molecular weight is 360 g/mol. The van der Waals surface area contributed by atoms with Crippen LogP contribution in [0.25, 0.3) is 0 Å². The number of hydrogen-bond acceptors (Lipinski definition) is 2. The van der Waals surface area contributed by atoms with Gasteiger partial charge in [-0.25, -0.2) is 5.43 Å². The molecule has 0 heterocycles. The number of hydrazine groups is 1. The summed E-state index contributed by atoms with van der Waals surface area (Å²) in [7, 11) is 0. The molecular weight excluding hydrogens is 347 g/mol. The zero-order valence-corrected chi connectivity index (χ0v) is 13.4. The molecule has 19 heavy (non-hydrogen) atoms. The van der Waals surface area contributed by atoms with Crippen molar-refractivity contribution in [2.45, 2.75) is 13.0 Å². The standard InChI is InChI=1S/C14H13BrCl2N2/c1-8-7-9(5-6-11(8)15)14(19-18)10-3-2-4-12(16)13(10)17/h2-7,14,19H,18H2,1H3. The summed E-state index contributed by atoms with van der Waals surface area (Å²) in [6.07, 6.45) is 0. The minimum absolute atomic E-state index is 0.196. The fraction of sp³-hybridized carbons (Fsp3) is 0.143. The summed E-state index contributed by atoms with van der Waals surface area (Å²) in [5.41, 5.74) is 5.82. The third-order valence-electron chi connectivity index (χ3n) is 2.97. The number of nitrogens with one attached hydrogen (secondary N) is 1. The van der Waals surface area contributed by atoms with Gasteiger partial charge in [0.2, 0.25) is 0 Å². The molecule has 0 radical (unpaired) electrons. The topological polar surface area (TPSA) is 38.0 Å². The van der Waals surface area contributed by atoms with Gasteiger partial charge < -0.3 is 0 Å². The highest BCUT2D eigenvalue weighted by molar-refractivity contribution is 9.10. The van der Waals surface area contributed by atoms with Gasteiger partial charge in [0.05, 0.1) is 16.1 Å². The Morgan fingerprint density at radius 3 is 2.58 bits per heavy atom. The highest BCUT2D eigenvalue weighted by Crippen LogP contribution is 2.33. The van der Waals surface area contributed by atoms with Crippen LogP contribution in [0.5, 0.6) is 0 Å². The Bertz CT molecular complexity index is 602. The quantitative estimate of drug-likeness (QED) is 0.620. The maximum absolute atomic E-state index is 6.25. The van der Waals surface area contributed by atoms with Crippen LogP contribution in [0.3, 0.4) is 0 Å². The summed E-state index contributed by atoms with van der Waals surface area (Å²) in [5.74, 6) is 5.68. The molecule has 0 saturated carbocycles. The van der Waals surface area contributed by atoms with Crippen molar-refractivity contribution in [2.75, 3.05) is 0 Å². The van der Waals surface area contributed by atoms with Gasteiger partial charge in [0.1, 0.15) is 0 Å². The number of rotatable bonds is 3. The maximum Gasteiger partial charge on any atom is 0.0725 e. The molecule has 2 aromatic rings. The van der Waals surface area contributed by atoms with Crippen LogP contribution in [0.4, 0.5) is 0 Å². The molecule has 0 aliphatic carbocycles. The molecule has 1 atom stereocenters. The molecule has 0 saturated heterocycles. The van der Waals surface area contributed by atoms with Gasteiger partial charge in [-0.2, -0.15) is 0 Å². The van der Waals surface area contributed by atoms with Crippen molar-refractivity contribution in [3.8, 4) is 0 Å². The third kappa shape index (κ3) is 3.12. The lowest BCUT2D eigenvalue weighted by Gasteiger charge is -2.19. The number of aryl methyl sites for hydroxylation is 1. The van der Waals surface area contributed by atoms with E-state index in [4.69, 9.17) is 29.0 Å². The van der Waals surface area contributed by atoms with Crippen LogP contribution in [0.1, 0.15) is 22.7 Å². The Morgan fingerprint density at radius 1 is 1.21 bits per heavy atom. The van der Waals surface area contributed by atoms with Crippen molar-refractivity contribution in [3.63, 3.8) is 0 Å². The minimum atomic E-state index is -0.196. The lowest BCUT2D eigenvalue weighted by molar-refractivity contribution is 0.636. The molecular formula is C14H13BrCl2N2. The fourth-order valence-corrected chi connectivity index (χ4v) is 2.62. The van der Waals surface area contributed by atoms with Gasteiger partial charge in [0, 0.05) is 4.47 Å². The van der Waals surface area contributed by atoms with Gasteiger partial charge in [0.15, 0.2) is 0 Å². The predicted molar refractivity (Wildman–Crippen MR) is 84.5 cm³/mol. The van der Waals surface area contributed by atoms with Crippen LogP contribution in [-0.2, 0) is 0 Å². The Labute approximate surface area is 131 Å². The molecule has 2 nitrogen and oxygen atoms in total. The second kappa shape index (κ2) is 6.25. The monoisotopic (exact) mass is 358 g/mol. The van der Waals surface area contributed by atoms with Gasteiger partial charge in [-0.1, -0.05) is 63.4 Å². The van der Waals surface area contributed by atoms with Crippen molar-refractivity contribution in [1.82, 2.24) is 5.43 Å². The van der Waals surface area contributed by atoms with Gasteiger partial charge in [-0.15, -0.1) is 0 Å². The zero-order chi connectivity index (χ0) is 14.0. The van der Waals surface area contributed by atoms with Gasteiger partial charge in [-0.3, -0.25) is 5.84 Å². The minimum Gasteiger partial charge on any atom is -0.271 e. The van der Waals surface area contributed by atoms with Crippen LogP contribution < -0.4 is 11.3 Å². The molecule has 3 N–H and O–H groups in total. The SMILES string of the molecule is Cc1cc(C(NN)c2cccc(Cl)c2Cl)ccc1Br. The molecule has 0 aromatic heterocycles. The van der Waals surface area contributed by atoms with E-state index in [1.54, 1.807) is 6.07 Å². The predicted octanol–water partition coefficient (Wildman–Crippen LogP) is 4.62. The van der Waals surface area contributed by atoms with E-state index in [0.717, 1.165) is 21.2 Å². The first-order valence-electron chi connectivity index (χ1n) is 5.70. The molecule has 0 fully saturated rings. The number of benzene rings is 2. The Balaban J connectivity index is 2.50. The van der Waals surface area contributed by atoms with Gasteiger partial charge in [0.25, 0.3) is 0 Å². The lowest BCUT2D eigenvalue weighted by Crippen LogP contribution is -2.29. The van der Waals surface area contributed by atoms with Crippen molar-refractivity contribution in [2.24, 2.45) is 5.84 Å². The first-order valence-corrected chi connectivity index (χ1v) is 7.25. The Morgan fingerprint density at radius 2 is 1.95 bits per heavy atom. The average Bonchev–Trinajstić information content (AvgIpc) is 2.39. The second-order valence-electron chi connectivity index (χ2n) is 4.25. The van der Waals surface area contributed by atoms with Crippen molar-refractivity contribution in [1.29, 1.82) is 0 Å². The molecule has 2 rings (SSSR count). The number of halogens is 3. The van der Waals surface area contributed by atoms with Crippen LogP contribution >= 0.6 is 39.1 Å². The zero-order valence-electron chi connectivity index (χ0n) is 10.3. The first kappa shape index (κ1) is 14.8. The normalized spacial score (nSPS) is 12.5. The van der Waals surface area contributed by atoms with Gasteiger partial charge >= 0.3 is 0 Å². The summed E-state index contributed by atoms with van der Waals surface area (Å²) in [5, 5.41) is 1.04. The van der Waals surface area contributed by atoms with Crippen molar-refractivity contribution >= 4 is 39.1 Å². The van der Waals surface area contributed by atoms with Crippen LogP contribution in [-0.4, -0.2) is 0 Å². The van der Waals surface area contributed by atoms with E-state index >= 15 is 0 Å². The highest BCUT2D eigenvalue weighted by Gasteiger charge is 2.17. The number of nitrogens with two attached hydrogens (primary N) is 1. The highest BCUT2D eigenvalue weighted by atomic mass is 79.9. The second-order valence-corrected chi connectivity index (χ2v) is 5.89. The molecule has 0 aliphatic rings. The van der Waals surface area contributed by atoms with E-state index in [0.29, 0.717) is 10.0 Å². The molecule has 0 bridgehead atoms. The van der Waals surface area contributed by atoms with Crippen LogP contribution in [0.2, 0.25) is 10.0 Å². The van der Waals surface area contributed by atoms with Crippen molar-refractivity contribution < 1.29 is 0 Å². The van der Waals surface area contributed by atoms with E-state index in [2.05, 4.69) is 27.4 Å². The van der Waals surface area contributed by atoms with E-state index in [1.165, 1.54) is 0 Å². The lowest BCUT2D eigenvalue weighted by atomic mass is 9.98. The molecule has 2 aromatic carbocycles. The number of hydrogen-bond donors (Lipinski definition) is 2. The summed E-state index contributed by atoms with van der Waals surface area (Å²) in [6.45, 7) is 2.03. The summed E-state index contributed by atoms with van der Waals surface area (Å²) in [4.78, 5) is 0. The fourth-order valence-electron chi connectivity index (χ4n) is 1.96. The van der Waals surface area contributed by atoms with Crippen molar-refractivity contribution in [3.05, 3.63) is 67.6 Å². The summed E-state index contributed by atoms with van der Waals surface area (Å²) >= 11 is 15.8. The van der Waals surface area contributed by atoms with Gasteiger partial charge in [-0.05, 0) is 35.7 Å². The van der Waals surface area contributed by atoms with Crippen LogP contribution in [0.15, 0.2) is 40.9 Å². The molecule has 100 valence electrons. The Hall–Kier alpha value is -0.580. The first-order chi connectivity index (χ1) is 9.04. The van der Waals surface area contributed by atoms with E-state index in [-0.39, 0.29) is 6.04 Å². The Kier molecular flexibility index (Phi) is 4.87. The van der Waals surface area contributed by atoms with Crippen LogP contribution in [0, 0.1) is 6.92 Å². The smallest absolute Gasteiger partial charge is 0.0725 e. The van der Waals surface area contributed by atoms with E-state index < -0.39 is 0 Å². The molecule has 0 amide bonds. The van der Waals surface area contributed by atoms with E-state index in [1.807, 2.05) is 31.2 Å².